The standard InChI is InChI=1S/C32H38FN3O6S/c1-5-27(31(38)34-32(2,3)4)35(18-17-23-9-7-6-8-10-23)30(37)22-36(25-13-11-24(33)12-14-25)43(39,40)26-15-16-28-29(21-26)42-20-19-41-28/h6-16,21,27H,5,17-20,22H2,1-4H3,(H,34,38). The Labute approximate surface area is 252 Å². The number of carbonyl (C=O) groups is 2. The summed E-state index contributed by atoms with van der Waals surface area (Å²) in [5, 5.41) is 2.95. The molecule has 1 aliphatic heterocycles. The highest BCUT2D eigenvalue weighted by Crippen LogP contribution is 2.34. The molecule has 9 nitrogen and oxygen atoms in total. The summed E-state index contributed by atoms with van der Waals surface area (Å²) in [4.78, 5) is 28.8. The Balaban J connectivity index is 1.71. The minimum Gasteiger partial charge on any atom is -0.486 e. The topological polar surface area (TPSA) is 105 Å². The van der Waals surface area contributed by atoms with Crippen molar-refractivity contribution in [2.45, 2.75) is 57.0 Å². The molecule has 0 bridgehead atoms. The van der Waals surface area contributed by atoms with E-state index in [0.717, 1.165) is 22.0 Å². The summed E-state index contributed by atoms with van der Waals surface area (Å²) < 4.78 is 54.1. The first-order valence-corrected chi connectivity index (χ1v) is 15.7. The van der Waals surface area contributed by atoms with Gasteiger partial charge in [-0.25, -0.2) is 12.8 Å². The Kier molecular flexibility index (Phi) is 9.95. The number of rotatable bonds is 11. The SMILES string of the molecule is CCC(C(=O)NC(C)(C)C)N(CCc1ccccc1)C(=O)CN(c1ccc(F)cc1)S(=O)(=O)c1ccc2c(c1)OCCO2. The molecule has 3 aromatic carbocycles. The smallest absolute Gasteiger partial charge is 0.264 e. The van der Waals surface area contributed by atoms with Crippen molar-refractivity contribution >= 4 is 27.5 Å². The quantitative estimate of drug-likeness (QED) is 0.341. The number of ether oxygens (including phenoxy) is 2. The van der Waals surface area contributed by atoms with E-state index in [1.807, 2.05) is 51.1 Å². The van der Waals surface area contributed by atoms with Crippen LogP contribution < -0.4 is 19.1 Å². The molecule has 230 valence electrons. The van der Waals surface area contributed by atoms with E-state index in [9.17, 15) is 22.4 Å². The number of hydrogen-bond acceptors (Lipinski definition) is 6. The summed E-state index contributed by atoms with van der Waals surface area (Å²) >= 11 is 0. The van der Waals surface area contributed by atoms with Crippen molar-refractivity contribution in [3.8, 4) is 11.5 Å². The van der Waals surface area contributed by atoms with Gasteiger partial charge in [0.25, 0.3) is 10.0 Å². The number of carbonyl (C=O) groups excluding carboxylic acids is 2. The monoisotopic (exact) mass is 611 g/mol. The summed E-state index contributed by atoms with van der Waals surface area (Å²) in [5.41, 5.74) is 0.519. The fourth-order valence-corrected chi connectivity index (χ4v) is 6.23. The molecular formula is C32H38FN3O6S. The molecule has 4 rings (SSSR count). The number of nitrogens with one attached hydrogen (secondary N) is 1. The first kappa shape index (κ1) is 31.8. The molecular weight excluding hydrogens is 573 g/mol. The van der Waals surface area contributed by atoms with Gasteiger partial charge in [-0.1, -0.05) is 37.3 Å². The first-order valence-electron chi connectivity index (χ1n) is 14.2. The van der Waals surface area contributed by atoms with Crippen molar-refractivity contribution in [1.82, 2.24) is 10.2 Å². The second kappa shape index (κ2) is 13.5. The second-order valence-electron chi connectivity index (χ2n) is 11.3. The number of sulfonamides is 1. The van der Waals surface area contributed by atoms with Gasteiger partial charge in [0.05, 0.1) is 10.6 Å². The Morgan fingerprint density at radius 3 is 2.23 bits per heavy atom. The van der Waals surface area contributed by atoms with Crippen LogP contribution in [-0.4, -0.2) is 63.0 Å². The van der Waals surface area contributed by atoms with E-state index in [-0.39, 0.29) is 35.4 Å². The van der Waals surface area contributed by atoms with E-state index in [0.29, 0.717) is 25.2 Å². The number of halogens is 1. The second-order valence-corrected chi connectivity index (χ2v) is 13.1. The van der Waals surface area contributed by atoms with Gasteiger partial charge in [-0.2, -0.15) is 0 Å². The average Bonchev–Trinajstić information content (AvgIpc) is 2.97. The maximum Gasteiger partial charge on any atom is 0.264 e. The summed E-state index contributed by atoms with van der Waals surface area (Å²) in [6.07, 6.45) is 0.769. The van der Waals surface area contributed by atoms with E-state index in [1.165, 1.54) is 35.2 Å². The molecule has 1 aliphatic rings. The maximum atomic E-state index is 14.1. The molecule has 3 aromatic rings. The first-order chi connectivity index (χ1) is 20.4. The van der Waals surface area contributed by atoms with Crippen molar-refractivity contribution in [2.24, 2.45) is 0 Å². The molecule has 0 saturated heterocycles. The highest BCUT2D eigenvalue weighted by molar-refractivity contribution is 7.92. The van der Waals surface area contributed by atoms with Crippen LogP contribution in [0.2, 0.25) is 0 Å². The van der Waals surface area contributed by atoms with Crippen LogP contribution in [-0.2, 0) is 26.0 Å². The van der Waals surface area contributed by atoms with Gasteiger partial charge in [0.1, 0.15) is 31.6 Å². The zero-order chi connectivity index (χ0) is 31.2. The number of hydrogen-bond donors (Lipinski definition) is 1. The van der Waals surface area contributed by atoms with E-state index in [1.54, 1.807) is 6.92 Å². The van der Waals surface area contributed by atoms with Gasteiger partial charge < -0.3 is 19.7 Å². The Morgan fingerprint density at radius 1 is 0.953 bits per heavy atom. The van der Waals surface area contributed by atoms with E-state index in [4.69, 9.17) is 9.47 Å². The number of nitrogens with zero attached hydrogens (tertiary/aromatic N) is 2. The van der Waals surface area contributed by atoms with Crippen molar-refractivity contribution < 1.29 is 31.9 Å². The van der Waals surface area contributed by atoms with Gasteiger partial charge in [0, 0.05) is 18.2 Å². The van der Waals surface area contributed by atoms with Gasteiger partial charge in [0.15, 0.2) is 11.5 Å². The summed E-state index contributed by atoms with van der Waals surface area (Å²) in [6, 6.07) is 17.8. The van der Waals surface area contributed by atoms with Gasteiger partial charge in [0.2, 0.25) is 11.8 Å². The third kappa shape index (κ3) is 8.04. The Hall–Kier alpha value is -4.12. The molecule has 1 unspecified atom stereocenters. The molecule has 0 aliphatic carbocycles. The molecule has 11 heteroatoms. The number of fused-ring (bicyclic) bond motifs is 1. The van der Waals surface area contributed by atoms with Crippen LogP contribution in [0.4, 0.5) is 10.1 Å². The number of amides is 2. The number of benzene rings is 3. The van der Waals surface area contributed by atoms with Gasteiger partial charge in [-0.15, -0.1) is 0 Å². The van der Waals surface area contributed by atoms with E-state index < -0.39 is 39.9 Å². The van der Waals surface area contributed by atoms with Gasteiger partial charge >= 0.3 is 0 Å². The van der Waals surface area contributed by atoms with Crippen molar-refractivity contribution in [1.29, 1.82) is 0 Å². The minimum atomic E-state index is -4.35. The van der Waals surface area contributed by atoms with Crippen molar-refractivity contribution in [3.63, 3.8) is 0 Å². The predicted octanol–water partition coefficient (Wildman–Crippen LogP) is 4.56. The Bertz CT molecular complexity index is 1520. The molecule has 1 N–H and O–H groups in total. The van der Waals surface area contributed by atoms with Crippen LogP contribution in [0.3, 0.4) is 0 Å². The summed E-state index contributed by atoms with van der Waals surface area (Å²) in [7, 11) is -4.35. The van der Waals surface area contributed by atoms with Gasteiger partial charge in [-0.3, -0.25) is 13.9 Å². The van der Waals surface area contributed by atoms with E-state index >= 15 is 0 Å². The highest BCUT2D eigenvalue weighted by Gasteiger charge is 2.35. The molecule has 0 radical (unpaired) electrons. The fourth-order valence-electron chi connectivity index (χ4n) is 4.80. The van der Waals surface area contributed by atoms with E-state index in [2.05, 4.69) is 5.32 Å². The normalized spacial score (nSPS) is 13.6. The molecule has 0 spiro atoms. The lowest BCUT2D eigenvalue weighted by Crippen LogP contribution is -2.56. The molecule has 1 atom stereocenters. The Morgan fingerprint density at radius 2 is 1.60 bits per heavy atom. The summed E-state index contributed by atoms with van der Waals surface area (Å²) in [6.45, 7) is 7.53. The molecule has 1 heterocycles. The largest absolute Gasteiger partial charge is 0.486 e. The molecule has 0 fully saturated rings. The molecule has 43 heavy (non-hydrogen) atoms. The van der Waals surface area contributed by atoms with Crippen molar-refractivity contribution in [2.75, 3.05) is 30.6 Å². The lowest BCUT2D eigenvalue weighted by atomic mass is 10.1. The molecule has 2 amide bonds. The summed E-state index contributed by atoms with van der Waals surface area (Å²) in [5.74, 6) is -0.776. The van der Waals surface area contributed by atoms with Crippen molar-refractivity contribution in [3.05, 3.63) is 84.2 Å². The zero-order valence-corrected chi connectivity index (χ0v) is 25.7. The number of anilines is 1. The highest BCUT2D eigenvalue weighted by atomic mass is 32.2. The van der Waals surface area contributed by atoms with Crippen LogP contribution in [0.5, 0.6) is 11.5 Å². The van der Waals surface area contributed by atoms with Gasteiger partial charge in [-0.05, 0) is 75.6 Å². The average molecular weight is 612 g/mol. The third-order valence-corrected chi connectivity index (χ3v) is 8.63. The lowest BCUT2D eigenvalue weighted by molar-refractivity contribution is -0.140. The van der Waals surface area contributed by atoms with Crippen LogP contribution in [0.25, 0.3) is 0 Å². The molecule has 0 saturated carbocycles. The lowest BCUT2D eigenvalue weighted by Gasteiger charge is -2.34. The van der Waals surface area contributed by atoms with Crippen LogP contribution in [0.15, 0.2) is 77.7 Å². The van der Waals surface area contributed by atoms with Crippen LogP contribution >= 0.6 is 0 Å². The van der Waals surface area contributed by atoms with Crippen LogP contribution in [0, 0.1) is 5.82 Å². The maximum absolute atomic E-state index is 14.1. The minimum absolute atomic E-state index is 0.0971. The van der Waals surface area contributed by atoms with Crippen LogP contribution in [0.1, 0.15) is 39.7 Å². The third-order valence-electron chi connectivity index (χ3n) is 6.86. The molecule has 0 aromatic heterocycles. The predicted molar refractivity (Wildman–Crippen MR) is 162 cm³/mol. The zero-order valence-electron chi connectivity index (χ0n) is 24.9. The fraction of sp³-hybridized carbons (Fsp3) is 0.375.